The fraction of sp³-hybridized carbons (Fsp3) is 0.500. The van der Waals surface area contributed by atoms with Crippen molar-refractivity contribution in [2.24, 2.45) is 5.92 Å². The summed E-state index contributed by atoms with van der Waals surface area (Å²) in [6.07, 6.45) is 0.541. The molecule has 18 heavy (non-hydrogen) atoms. The monoisotopic (exact) mass is 287 g/mol. The summed E-state index contributed by atoms with van der Waals surface area (Å²) in [5, 5.41) is 8.92. The molecule has 4 nitrogen and oxygen atoms in total. The average molecular weight is 288 g/mol. The summed E-state index contributed by atoms with van der Waals surface area (Å²) in [5.41, 5.74) is 0. The van der Waals surface area contributed by atoms with E-state index in [-0.39, 0.29) is 11.8 Å². The van der Waals surface area contributed by atoms with E-state index in [2.05, 4.69) is 0 Å². The molecule has 0 saturated carbocycles. The van der Waals surface area contributed by atoms with E-state index >= 15 is 0 Å². The second-order valence-corrected chi connectivity index (χ2v) is 6.22. The van der Waals surface area contributed by atoms with Crippen molar-refractivity contribution in [1.82, 2.24) is 4.90 Å². The molecule has 1 saturated heterocycles. The van der Waals surface area contributed by atoms with Crippen LogP contribution in [-0.4, -0.2) is 35.0 Å². The lowest BCUT2D eigenvalue weighted by atomic mass is 10.1. The van der Waals surface area contributed by atoms with Gasteiger partial charge in [0, 0.05) is 18.0 Å². The normalized spacial score (nSPS) is 21.0. The van der Waals surface area contributed by atoms with Crippen molar-refractivity contribution in [3.63, 3.8) is 0 Å². The predicted octanol–water partition coefficient (Wildman–Crippen LogP) is 2.44. The first-order chi connectivity index (χ1) is 8.49. The molecular weight excluding hydrogens is 274 g/mol. The van der Waals surface area contributed by atoms with Crippen molar-refractivity contribution >= 4 is 34.8 Å². The molecule has 98 valence electrons. The highest BCUT2D eigenvalue weighted by Gasteiger charge is 2.33. The van der Waals surface area contributed by atoms with Crippen molar-refractivity contribution in [1.29, 1.82) is 0 Å². The third kappa shape index (κ3) is 2.67. The summed E-state index contributed by atoms with van der Waals surface area (Å²) in [4.78, 5) is 25.6. The van der Waals surface area contributed by atoms with Crippen molar-refractivity contribution in [3.8, 4) is 0 Å². The van der Waals surface area contributed by atoms with Gasteiger partial charge in [-0.15, -0.1) is 11.3 Å². The van der Waals surface area contributed by atoms with E-state index in [0.29, 0.717) is 23.8 Å². The quantitative estimate of drug-likeness (QED) is 0.929. The van der Waals surface area contributed by atoms with Crippen LogP contribution in [0.5, 0.6) is 0 Å². The fourth-order valence-electron chi connectivity index (χ4n) is 2.12. The Bertz CT molecular complexity index is 474. The summed E-state index contributed by atoms with van der Waals surface area (Å²) >= 11 is 7.24. The van der Waals surface area contributed by atoms with Gasteiger partial charge in [0.1, 0.15) is 0 Å². The number of carbonyl (C=O) groups is 2. The molecule has 1 aliphatic rings. The Kier molecular flexibility index (Phi) is 3.92. The molecule has 6 heteroatoms. The lowest BCUT2D eigenvalue weighted by Crippen LogP contribution is -2.32. The molecule has 0 bridgehead atoms. The standard InChI is InChI=1S/C12H14ClNO3S/c1-7(9-2-3-10(13)18-9)11(15)14-5-4-8(6-14)12(16)17/h2-3,7-8H,4-6H2,1H3,(H,16,17)/t7-,8+/m1/s1. The molecule has 1 N–H and O–H groups in total. The van der Waals surface area contributed by atoms with E-state index in [1.54, 1.807) is 11.0 Å². The zero-order valence-corrected chi connectivity index (χ0v) is 11.5. The highest BCUT2D eigenvalue weighted by atomic mass is 35.5. The number of carbonyl (C=O) groups excluding carboxylic acids is 1. The lowest BCUT2D eigenvalue weighted by Gasteiger charge is -2.19. The van der Waals surface area contributed by atoms with E-state index in [1.165, 1.54) is 11.3 Å². The van der Waals surface area contributed by atoms with Gasteiger partial charge in [0.2, 0.25) is 5.91 Å². The Morgan fingerprint density at radius 2 is 2.28 bits per heavy atom. The lowest BCUT2D eigenvalue weighted by molar-refractivity contribution is -0.141. The summed E-state index contributed by atoms with van der Waals surface area (Å²) < 4.78 is 0.662. The number of carboxylic acid groups (broad SMARTS) is 1. The molecule has 1 aliphatic heterocycles. The van der Waals surface area contributed by atoms with Crippen LogP contribution in [-0.2, 0) is 9.59 Å². The van der Waals surface area contributed by atoms with Crippen LogP contribution < -0.4 is 0 Å². The molecule has 2 rings (SSSR count). The predicted molar refractivity (Wildman–Crippen MR) is 70.1 cm³/mol. The molecule has 1 aromatic rings. The van der Waals surface area contributed by atoms with E-state index in [1.807, 2.05) is 13.0 Å². The van der Waals surface area contributed by atoms with E-state index in [4.69, 9.17) is 16.7 Å². The molecule has 2 atom stereocenters. The Labute approximate surface area is 114 Å². The maximum Gasteiger partial charge on any atom is 0.308 e. The van der Waals surface area contributed by atoms with Crippen LogP contribution in [0.25, 0.3) is 0 Å². The third-order valence-electron chi connectivity index (χ3n) is 3.24. The van der Waals surface area contributed by atoms with Gasteiger partial charge < -0.3 is 10.0 Å². The van der Waals surface area contributed by atoms with Crippen molar-refractivity contribution in [3.05, 3.63) is 21.3 Å². The summed E-state index contributed by atoms with van der Waals surface area (Å²) in [6.45, 7) is 2.68. The number of rotatable bonds is 3. The molecule has 0 aliphatic carbocycles. The number of likely N-dealkylation sites (tertiary alicyclic amines) is 1. The van der Waals surface area contributed by atoms with Gasteiger partial charge >= 0.3 is 5.97 Å². The van der Waals surface area contributed by atoms with Crippen molar-refractivity contribution in [2.45, 2.75) is 19.3 Å². The van der Waals surface area contributed by atoms with E-state index in [0.717, 1.165) is 4.88 Å². The molecule has 2 heterocycles. The van der Waals surface area contributed by atoms with Gasteiger partial charge in [0.25, 0.3) is 0 Å². The molecule has 0 radical (unpaired) electrons. The van der Waals surface area contributed by atoms with Gasteiger partial charge in [-0.2, -0.15) is 0 Å². The van der Waals surface area contributed by atoms with Gasteiger partial charge in [-0.1, -0.05) is 11.6 Å². The molecule has 0 aromatic carbocycles. The maximum atomic E-state index is 12.2. The number of halogens is 1. The SMILES string of the molecule is C[C@@H](C(=O)N1CC[C@H](C(=O)O)C1)c1ccc(Cl)s1. The Morgan fingerprint density at radius 1 is 1.56 bits per heavy atom. The molecular formula is C12H14ClNO3S. The summed E-state index contributed by atoms with van der Waals surface area (Å²) in [5.74, 6) is -1.52. The number of nitrogens with zero attached hydrogens (tertiary/aromatic N) is 1. The highest BCUT2D eigenvalue weighted by molar-refractivity contribution is 7.16. The first kappa shape index (κ1) is 13.4. The van der Waals surface area contributed by atoms with Gasteiger partial charge in [0.05, 0.1) is 16.2 Å². The Morgan fingerprint density at radius 3 is 2.78 bits per heavy atom. The summed E-state index contributed by atoms with van der Waals surface area (Å²) in [6, 6.07) is 3.62. The minimum Gasteiger partial charge on any atom is -0.481 e. The first-order valence-corrected chi connectivity index (χ1v) is 6.95. The van der Waals surface area contributed by atoms with E-state index < -0.39 is 11.9 Å². The molecule has 0 spiro atoms. The van der Waals surface area contributed by atoms with Crippen LogP contribution in [0.2, 0.25) is 4.34 Å². The van der Waals surface area contributed by atoms with Gasteiger partial charge in [-0.25, -0.2) is 0 Å². The number of hydrogen-bond donors (Lipinski definition) is 1. The maximum absolute atomic E-state index is 12.2. The number of amides is 1. The second-order valence-electron chi connectivity index (χ2n) is 4.47. The van der Waals surface area contributed by atoms with Crippen LogP contribution >= 0.6 is 22.9 Å². The topological polar surface area (TPSA) is 57.6 Å². The Balaban J connectivity index is 2.02. The van der Waals surface area contributed by atoms with Gasteiger partial charge in [-0.05, 0) is 25.5 Å². The molecule has 1 amide bonds. The summed E-state index contributed by atoms with van der Waals surface area (Å²) in [7, 11) is 0. The second kappa shape index (κ2) is 5.28. The zero-order chi connectivity index (χ0) is 13.3. The van der Waals surface area contributed by atoms with Crippen LogP contribution in [0.3, 0.4) is 0 Å². The van der Waals surface area contributed by atoms with Crippen LogP contribution in [0.4, 0.5) is 0 Å². The van der Waals surface area contributed by atoms with Crippen LogP contribution in [0.1, 0.15) is 24.1 Å². The smallest absolute Gasteiger partial charge is 0.308 e. The zero-order valence-electron chi connectivity index (χ0n) is 9.93. The average Bonchev–Trinajstić information content (AvgIpc) is 2.95. The number of hydrogen-bond acceptors (Lipinski definition) is 3. The van der Waals surface area contributed by atoms with E-state index in [9.17, 15) is 9.59 Å². The van der Waals surface area contributed by atoms with Crippen LogP contribution in [0.15, 0.2) is 12.1 Å². The van der Waals surface area contributed by atoms with Crippen molar-refractivity contribution in [2.75, 3.05) is 13.1 Å². The Hall–Kier alpha value is -1.07. The first-order valence-electron chi connectivity index (χ1n) is 5.76. The molecule has 1 aromatic heterocycles. The molecule has 1 fully saturated rings. The minimum atomic E-state index is -0.822. The van der Waals surface area contributed by atoms with Gasteiger partial charge in [0.15, 0.2) is 0 Å². The number of aliphatic carboxylic acids is 1. The minimum absolute atomic E-state index is 0.0164. The highest BCUT2D eigenvalue weighted by Crippen LogP contribution is 2.30. The fourth-order valence-corrected chi connectivity index (χ4v) is 3.22. The number of thiophene rings is 1. The third-order valence-corrected chi connectivity index (χ3v) is 4.65. The van der Waals surface area contributed by atoms with Gasteiger partial charge in [-0.3, -0.25) is 9.59 Å². The van der Waals surface area contributed by atoms with Crippen molar-refractivity contribution < 1.29 is 14.7 Å². The largest absolute Gasteiger partial charge is 0.481 e. The molecule has 0 unspecified atom stereocenters. The van der Waals surface area contributed by atoms with Crippen LogP contribution in [0, 0.1) is 5.92 Å². The number of carboxylic acids is 1.